The van der Waals surface area contributed by atoms with Crippen molar-refractivity contribution in [1.82, 2.24) is 20.1 Å². The molecule has 0 aliphatic carbocycles. The second-order valence-electron chi connectivity index (χ2n) is 8.00. The first-order chi connectivity index (χ1) is 17.1. The third-order valence-electron chi connectivity index (χ3n) is 5.02. The zero-order chi connectivity index (χ0) is 26.4. The molecular weight excluding hydrogens is 564 g/mol. The number of thioether (sulfide) groups is 1. The normalized spacial score (nSPS) is 11.9. The molecule has 0 spiro atoms. The highest BCUT2D eigenvalue weighted by atomic mass is 35.5. The lowest BCUT2D eigenvalue weighted by Crippen LogP contribution is -2.34. The van der Waals surface area contributed by atoms with E-state index in [4.69, 9.17) is 46.4 Å². The Morgan fingerprint density at radius 3 is 2.42 bits per heavy atom. The molecule has 1 atom stereocenters. The highest BCUT2D eigenvalue weighted by Gasteiger charge is 2.27. The Hall–Kier alpha value is -2.23. The number of nitrogens with one attached hydrogen (secondary N) is 2. The van der Waals surface area contributed by atoms with Gasteiger partial charge in [0.15, 0.2) is 11.0 Å². The van der Waals surface area contributed by atoms with E-state index in [1.54, 1.807) is 30.3 Å². The average molecular weight is 587 g/mol. The molecule has 2 N–H and O–H groups in total. The lowest BCUT2D eigenvalue weighted by Gasteiger charge is -2.23. The quantitative estimate of drug-likeness (QED) is 0.153. The van der Waals surface area contributed by atoms with Gasteiger partial charge in [-0.25, -0.2) is 0 Å². The van der Waals surface area contributed by atoms with Crippen molar-refractivity contribution in [3.63, 3.8) is 0 Å². The van der Waals surface area contributed by atoms with Crippen LogP contribution in [0.5, 0.6) is 0 Å². The first kappa shape index (κ1) is 28.3. The van der Waals surface area contributed by atoms with Gasteiger partial charge < -0.3 is 15.2 Å². The molecule has 0 aliphatic rings. The van der Waals surface area contributed by atoms with Gasteiger partial charge in [0.2, 0.25) is 5.91 Å². The minimum atomic E-state index is -0.459. The summed E-state index contributed by atoms with van der Waals surface area (Å²) in [5, 5.41) is 16.0. The van der Waals surface area contributed by atoms with Gasteiger partial charge in [-0.1, -0.05) is 90.2 Å². The van der Waals surface area contributed by atoms with Crippen LogP contribution >= 0.6 is 58.2 Å². The number of benzene rings is 2. The maximum absolute atomic E-state index is 12.9. The Labute approximate surface area is 233 Å². The van der Waals surface area contributed by atoms with E-state index in [9.17, 15) is 9.59 Å². The first-order valence-corrected chi connectivity index (χ1v) is 13.3. The molecule has 3 rings (SSSR count). The van der Waals surface area contributed by atoms with Gasteiger partial charge in [0.05, 0.1) is 43.1 Å². The molecular formula is C24H23Cl4N5O2S. The van der Waals surface area contributed by atoms with Crippen molar-refractivity contribution >= 4 is 75.7 Å². The van der Waals surface area contributed by atoms with E-state index in [1.165, 1.54) is 23.9 Å². The number of anilines is 1. The van der Waals surface area contributed by atoms with E-state index in [-0.39, 0.29) is 33.5 Å². The summed E-state index contributed by atoms with van der Waals surface area (Å²) in [4.78, 5) is 25.5. The van der Waals surface area contributed by atoms with Gasteiger partial charge in [-0.15, -0.1) is 16.8 Å². The van der Waals surface area contributed by atoms with E-state index >= 15 is 0 Å². The van der Waals surface area contributed by atoms with Crippen LogP contribution in [0.4, 0.5) is 5.69 Å². The molecule has 1 aromatic heterocycles. The van der Waals surface area contributed by atoms with Gasteiger partial charge in [0.1, 0.15) is 0 Å². The van der Waals surface area contributed by atoms with Gasteiger partial charge in [-0.3, -0.25) is 9.59 Å². The number of halogens is 4. The summed E-state index contributed by atoms with van der Waals surface area (Å²) in [7, 11) is 0. The van der Waals surface area contributed by atoms with Crippen molar-refractivity contribution in [2.75, 3.05) is 11.1 Å². The molecule has 7 nitrogen and oxygen atoms in total. The van der Waals surface area contributed by atoms with Crippen molar-refractivity contribution < 1.29 is 9.59 Å². The van der Waals surface area contributed by atoms with Crippen molar-refractivity contribution in [2.24, 2.45) is 5.92 Å². The SMILES string of the molecule is C=CCn1c(SCC(=O)Nc2cc(Cl)c(Cl)cc2Cl)nnc1[C@H](NC(=O)c1ccccc1Cl)C(C)C. The molecule has 0 unspecified atom stereocenters. The summed E-state index contributed by atoms with van der Waals surface area (Å²) in [6.07, 6.45) is 1.69. The fourth-order valence-electron chi connectivity index (χ4n) is 3.27. The van der Waals surface area contributed by atoms with Crippen LogP contribution in [-0.2, 0) is 11.3 Å². The number of hydrogen-bond acceptors (Lipinski definition) is 5. The zero-order valence-electron chi connectivity index (χ0n) is 19.4. The predicted octanol–water partition coefficient (Wildman–Crippen LogP) is 6.94. The standard InChI is InChI=1S/C24H23Cl4N5O2S/c1-4-9-33-22(21(13(2)3)30-23(35)14-7-5-6-8-15(14)25)31-32-24(33)36-12-20(34)29-19-11-17(27)16(26)10-18(19)28/h4-8,10-11,13,21H,1,9,12H2,2-3H3,(H,29,34)(H,30,35)/t21-/m1/s1. The summed E-state index contributed by atoms with van der Waals surface area (Å²) < 4.78 is 1.81. The molecule has 12 heteroatoms. The largest absolute Gasteiger partial charge is 0.342 e. The molecule has 0 saturated heterocycles. The second-order valence-corrected chi connectivity index (χ2v) is 10.6. The van der Waals surface area contributed by atoms with Crippen LogP contribution in [0.25, 0.3) is 0 Å². The number of nitrogens with zero attached hydrogens (tertiary/aromatic N) is 3. The second kappa shape index (κ2) is 12.8. The number of amides is 2. The third kappa shape index (κ3) is 6.95. The van der Waals surface area contributed by atoms with Crippen LogP contribution < -0.4 is 10.6 Å². The van der Waals surface area contributed by atoms with Crippen molar-refractivity contribution in [3.05, 3.63) is 80.5 Å². The molecule has 3 aromatic rings. The maximum atomic E-state index is 12.9. The lowest BCUT2D eigenvalue weighted by atomic mass is 10.0. The van der Waals surface area contributed by atoms with Crippen LogP contribution in [0.3, 0.4) is 0 Å². The Bertz CT molecular complexity index is 1280. The smallest absolute Gasteiger partial charge is 0.253 e. The van der Waals surface area contributed by atoms with Crippen LogP contribution in [0.1, 0.15) is 36.1 Å². The zero-order valence-corrected chi connectivity index (χ0v) is 23.2. The van der Waals surface area contributed by atoms with E-state index < -0.39 is 6.04 Å². The molecule has 1 heterocycles. The van der Waals surface area contributed by atoms with Crippen LogP contribution in [0.15, 0.2) is 54.2 Å². The summed E-state index contributed by atoms with van der Waals surface area (Å²) in [6.45, 7) is 8.12. The topological polar surface area (TPSA) is 88.9 Å². The minimum absolute atomic E-state index is 0.0119. The first-order valence-electron chi connectivity index (χ1n) is 10.8. The van der Waals surface area contributed by atoms with Gasteiger partial charge in [-0.05, 0) is 30.2 Å². The number of rotatable bonds is 10. The van der Waals surface area contributed by atoms with E-state index in [0.717, 1.165) is 0 Å². The molecule has 0 aliphatic heterocycles. The molecule has 36 heavy (non-hydrogen) atoms. The number of hydrogen-bond donors (Lipinski definition) is 2. The summed E-state index contributed by atoms with van der Waals surface area (Å²) in [5.74, 6) is -0.0747. The summed E-state index contributed by atoms with van der Waals surface area (Å²) in [5.41, 5.74) is 0.721. The Balaban J connectivity index is 1.77. The lowest BCUT2D eigenvalue weighted by molar-refractivity contribution is -0.113. The average Bonchev–Trinajstić information content (AvgIpc) is 3.22. The Kier molecular flexibility index (Phi) is 10.1. The maximum Gasteiger partial charge on any atom is 0.253 e. The molecule has 0 bridgehead atoms. The molecule has 0 saturated carbocycles. The highest BCUT2D eigenvalue weighted by Crippen LogP contribution is 2.32. The van der Waals surface area contributed by atoms with E-state index in [0.29, 0.717) is 38.8 Å². The monoisotopic (exact) mass is 585 g/mol. The fourth-order valence-corrected chi connectivity index (χ4v) is 4.84. The van der Waals surface area contributed by atoms with Crippen LogP contribution in [-0.4, -0.2) is 32.3 Å². The molecule has 0 radical (unpaired) electrons. The van der Waals surface area contributed by atoms with Crippen LogP contribution in [0.2, 0.25) is 20.1 Å². The van der Waals surface area contributed by atoms with Gasteiger partial charge in [-0.2, -0.15) is 0 Å². The van der Waals surface area contributed by atoms with Crippen LogP contribution in [0, 0.1) is 5.92 Å². The van der Waals surface area contributed by atoms with Gasteiger partial charge in [0, 0.05) is 6.54 Å². The van der Waals surface area contributed by atoms with Gasteiger partial charge >= 0.3 is 0 Å². The van der Waals surface area contributed by atoms with E-state index in [1.807, 2.05) is 18.4 Å². The Morgan fingerprint density at radius 1 is 1.06 bits per heavy atom. The molecule has 2 aromatic carbocycles. The predicted molar refractivity (Wildman–Crippen MR) is 148 cm³/mol. The number of aromatic nitrogens is 3. The van der Waals surface area contributed by atoms with E-state index in [2.05, 4.69) is 27.4 Å². The summed E-state index contributed by atoms with van der Waals surface area (Å²) in [6, 6.07) is 9.31. The van der Waals surface area contributed by atoms with Crippen molar-refractivity contribution in [2.45, 2.75) is 31.6 Å². The third-order valence-corrected chi connectivity index (χ3v) is 7.35. The number of carbonyl (C=O) groups is 2. The highest BCUT2D eigenvalue weighted by molar-refractivity contribution is 7.99. The number of carbonyl (C=O) groups excluding carboxylic acids is 2. The minimum Gasteiger partial charge on any atom is -0.342 e. The van der Waals surface area contributed by atoms with Crippen molar-refractivity contribution in [3.8, 4) is 0 Å². The molecule has 2 amide bonds. The summed E-state index contributed by atoms with van der Waals surface area (Å²) >= 11 is 25.5. The van der Waals surface area contributed by atoms with Gasteiger partial charge in [0.25, 0.3) is 5.91 Å². The fraction of sp³-hybridized carbons (Fsp3) is 0.250. The molecule has 0 fully saturated rings. The van der Waals surface area contributed by atoms with Crippen molar-refractivity contribution in [1.29, 1.82) is 0 Å². The molecule has 190 valence electrons. The Morgan fingerprint density at radius 2 is 1.75 bits per heavy atom. The number of allylic oxidation sites excluding steroid dienone is 1.